The van der Waals surface area contributed by atoms with Crippen molar-refractivity contribution >= 4 is 13.5 Å². The van der Waals surface area contributed by atoms with Gasteiger partial charge < -0.3 is 20.4 Å². The summed E-state index contributed by atoms with van der Waals surface area (Å²) < 4.78 is 11.4. The third-order valence-corrected chi connectivity index (χ3v) is 4.82. The maximum Gasteiger partial charge on any atom is 0.347 e. The van der Waals surface area contributed by atoms with Gasteiger partial charge in [-0.1, -0.05) is 30.3 Å². The number of carbonyl (C=O) groups is 1. The molecule has 0 bridgehead atoms. The van der Waals surface area contributed by atoms with Crippen LogP contribution in [0.2, 0.25) is 0 Å². The molecule has 1 saturated heterocycles. The number of likely N-dealkylation sites (tertiary alicyclic amines) is 1. The van der Waals surface area contributed by atoms with Crippen molar-refractivity contribution in [2.45, 2.75) is 31.1 Å². The number of benzene rings is 1. The third kappa shape index (κ3) is 3.46. The van der Waals surface area contributed by atoms with Crippen LogP contribution in [0.3, 0.4) is 0 Å². The van der Waals surface area contributed by atoms with Crippen LogP contribution in [0, 0.1) is 0 Å². The van der Waals surface area contributed by atoms with Gasteiger partial charge in [0.25, 0.3) is 0 Å². The molecule has 7 heteroatoms. The first-order valence-electron chi connectivity index (χ1n) is 6.55. The quantitative estimate of drug-likeness (QED) is 0.709. The van der Waals surface area contributed by atoms with E-state index in [0.717, 1.165) is 5.56 Å². The molecule has 0 radical (unpaired) electrons. The number of rotatable bonds is 4. The van der Waals surface area contributed by atoms with Crippen LogP contribution in [0.5, 0.6) is 0 Å². The zero-order chi connectivity index (χ0) is 14.8. The second-order valence-corrected chi connectivity index (χ2v) is 6.81. The molecule has 0 saturated carbocycles. The summed E-state index contributed by atoms with van der Waals surface area (Å²) in [5, 5.41) is 0. The molecule has 20 heavy (non-hydrogen) atoms. The van der Waals surface area contributed by atoms with Crippen LogP contribution >= 0.6 is 7.60 Å². The summed E-state index contributed by atoms with van der Waals surface area (Å²) in [5.74, 6) is -1.41. The van der Waals surface area contributed by atoms with E-state index >= 15 is 0 Å². The van der Waals surface area contributed by atoms with Crippen LogP contribution in [0.15, 0.2) is 30.3 Å². The number of amides is 1. The van der Waals surface area contributed by atoms with Gasteiger partial charge in [-0.05, 0) is 24.8 Å². The molecule has 1 aliphatic heterocycles. The summed E-state index contributed by atoms with van der Waals surface area (Å²) in [7, 11) is -4.30. The lowest BCUT2D eigenvalue weighted by atomic mass is 10.1. The van der Waals surface area contributed by atoms with Gasteiger partial charge in [-0.25, -0.2) is 0 Å². The number of hydrogen-bond acceptors (Lipinski definition) is 3. The molecule has 0 aliphatic carbocycles. The number of nitrogens with zero attached hydrogens (tertiary/aromatic N) is 1. The van der Waals surface area contributed by atoms with Crippen molar-refractivity contribution in [1.82, 2.24) is 4.90 Å². The smallest absolute Gasteiger partial charge is 0.327 e. The first-order valence-corrected chi connectivity index (χ1v) is 8.23. The Morgan fingerprint density at radius 2 is 2.05 bits per heavy atom. The number of hydrogen-bond donors (Lipinski definition) is 3. The Hall–Kier alpha value is -1.20. The van der Waals surface area contributed by atoms with E-state index in [1.807, 2.05) is 30.3 Å². The van der Waals surface area contributed by atoms with E-state index in [1.165, 1.54) is 4.90 Å². The van der Waals surface area contributed by atoms with Crippen molar-refractivity contribution in [3.05, 3.63) is 35.9 Å². The van der Waals surface area contributed by atoms with Crippen LogP contribution in [0.1, 0.15) is 18.4 Å². The third-order valence-electron chi connectivity index (χ3n) is 3.51. The molecule has 6 nitrogen and oxygen atoms in total. The molecule has 4 N–H and O–H groups in total. The highest BCUT2D eigenvalue weighted by atomic mass is 31.2. The molecule has 2 atom stereocenters. The first-order chi connectivity index (χ1) is 9.39. The molecule has 1 heterocycles. The van der Waals surface area contributed by atoms with Gasteiger partial charge in [0.15, 0.2) is 0 Å². The van der Waals surface area contributed by atoms with Gasteiger partial charge in [-0.3, -0.25) is 9.36 Å². The van der Waals surface area contributed by atoms with Crippen LogP contribution < -0.4 is 5.73 Å². The molecule has 110 valence electrons. The van der Waals surface area contributed by atoms with Crippen LogP contribution in [0.4, 0.5) is 0 Å². The van der Waals surface area contributed by atoms with Gasteiger partial charge in [-0.15, -0.1) is 0 Å². The largest absolute Gasteiger partial charge is 0.347 e. The average molecular weight is 298 g/mol. The zero-order valence-electron chi connectivity index (χ0n) is 11.1. The van der Waals surface area contributed by atoms with Gasteiger partial charge in [0.05, 0.1) is 6.04 Å². The molecule has 1 aromatic rings. The van der Waals surface area contributed by atoms with Crippen molar-refractivity contribution in [2.24, 2.45) is 5.73 Å². The molecule has 0 spiro atoms. The minimum Gasteiger partial charge on any atom is -0.327 e. The van der Waals surface area contributed by atoms with Gasteiger partial charge in [-0.2, -0.15) is 0 Å². The van der Waals surface area contributed by atoms with Crippen molar-refractivity contribution < 1.29 is 19.1 Å². The molecule has 2 rings (SSSR count). The van der Waals surface area contributed by atoms with E-state index in [4.69, 9.17) is 5.73 Å². The first kappa shape index (κ1) is 15.2. The Balaban J connectivity index is 2.05. The van der Waals surface area contributed by atoms with E-state index in [-0.39, 0.29) is 5.91 Å². The normalized spacial score (nSPS) is 20.9. The highest BCUT2D eigenvalue weighted by molar-refractivity contribution is 7.52. The molecular weight excluding hydrogens is 279 g/mol. The monoisotopic (exact) mass is 298 g/mol. The Morgan fingerprint density at radius 3 is 2.65 bits per heavy atom. The molecule has 1 unspecified atom stereocenters. The van der Waals surface area contributed by atoms with Crippen molar-refractivity contribution in [1.29, 1.82) is 0 Å². The maximum atomic E-state index is 12.3. The topological polar surface area (TPSA) is 104 Å². The Bertz CT molecular complexity index is 516. The van der Waals surface area contributed by atoms with E-state index in [2.05, 4.69) is 0 Å². The molecule has 1 amide bonds. The maximum absolute atomic E-state index is 12.3. The van der Waals surface area contributed by atoms with E-state index in [1.54, 1.807) is 0 Å². The highest BCUT2D eigenvalue weighted by Crippen LogP contribution is 2.47. The van der Waals surface area contributed by atoms with Crippen LogP contribution in [0.25, 0.3) is 0 Å². The number of nitrogens with two attached hydrogens (primary N) is 1. The second kappa shape index (κ2) is 6.06. The second-order valence-electron chi connectivity index (χ2n) is 5.04. The lowest BCUT2D eigenvalue weighted by Crippen LogP contribution is -2.46. The van der Waals surface area contributed by atoms with Crippen molar-refractivity contribution in [3.8, 4) is 0 Å². The lowest BCUT2D eigenvalue weighted by Gasteiger charge is -2.27. The summed E-state index contributed by atoms with van der Waals surface area (Å²) in [4.78, 5) is 32.1. The van der Waals surface area contributed by atoms with Crippen molar-refractivity contribution in [2.75, 3.05) is 6.54 Å². The minimum atomic E-state index is -4.30. The molecular formula is C13H19N2O4P. The summed E-state index contributed by atoms with van der Waals surface area (Å²) in [5.41, 5.74) is 6.82. The Labute approximate surface area is 117 Å². The fraction of sp³-hybridized carbons (Fsp3) is 0.462. The Morgan fingerprint density at radius 1 is 1.40 bits per heavy atom. The fourth-order valence-electron chi connectivity index (χ4n) is 2.52. The minimum absolute atomic E-state index is 0.327. The van der Waals surface area contributed by atoms with Gasteiger partial charge in [0.2, 0.25) is 5.91 Å². The zero-order valence-corrected chi connectivity index (χ0v) is 11.9. The predicted molar refractivity (Wildman–Crippen MR) is 74.9 cm³/mol. The van der Waals surface area contributed by atoms with Crippen LogP contribution in [-0.4, -0.2) is 39.0 Å². The molecule has 1 fully saturated rings. The van der Waals surface area contributed by atoms with Crippen LogP contribution in [-0.2, 0) is 15.8 Å². The summed E-state index contributed by atoms with van der Waals surface area (Å²) in [6.07, 6.45) is 1.29. The average Bonchev–Trinajstić information content (AvgIpc) is 2.88. The Kier molecular flexibility index (Phi) is 4.60. The molecule has 1 aromatic carbocycles. The highest BCUT2D eigenvalue weighted by Gasteiger charge is 2.41. The standard InChI is InChI=1S/C13H19N2O4P/c14-11(9-10-5-2-1-3-6-10)13(16)15-8-4-7-12(15)20(17,18)19/h1-3,5-6,11-12H,4,7-9,14H2,(H2,17,18,19)/t11-,12?/m0/s1. The van der Waals surface area contributed by atoms with E-state index < -0.39 is 19.4 Å². The summed E-state index contributed by atoms with van der Waals surface area (Å²) in [6, 6.07) is 8.57. The van der Waals surface area contributed by atoms with E-state index in [0.29, 0.717) is 25.8 Å². The number of carbonyl (C=O) groups excluding carboxylic acids is 1. The fourth-order valence-corrected chi connectivity index (χ4v) is 3.64. The van der Waals surface area contributed by atoms with Gasteiger partial charge in [0, 0.05) is 6.54 Å². The summed E-state index contributed by atoms with van der Waals surface area (Å²) in [6.45, 7) is 0.358. The summed E-state index contributed by atoms with van der Waals surface area (Å²) >= 11 is 0. The van der Waals surface area contributed by atoms with Gasteiger partial charge >= 0.3 is 7.60 Å². The molecule has 1 aliphatic rings. The SMILES string of the molecule is N[C@@H](Cc1ccccc1)C(=O)N1CCCC1P(=O)(O)O. The van der Waals surface area contributed by atoms with Crippen molar-refractivity contribution in [3.63, 3.8) is 0 Å². The lowest BCUT2D eigenvalue weighted by molar-refractivity contribution is -0.132. The predicted octanol–water partition coefficient (Wildman–Crippen LogP) is 0.683. The van der Waals surface area contributed by atoms with Gasteiger partial charge in [0.1, 0.15) is 5.78 Å². The van der Waals surface area contributed by atoms with E-state index in [9.17, 15) is 19.1 Å². The molecule has 0 aromatic heterocycles.